The molecule has 2 heterocycles. The lowest BCUT2D eigenvalue weighted by Crippen LogP contribution is -2.46. The fourth-order valence-electron chi connectivity index (χ4n) is 2.15. The second kappa shape index (κ2) is 6.38. The molecule has 0 saturated carbocycles. The monoisotopic (exact) mass is 346 g/mol. The van der Waals surface area contributed by atoms with Gasteiger partial charge in [0.1, 0.15) is 6.04 Å². The fraction of sp³-hybridized carbons (Fsp3) is 0.500. The first-order chi connectivity index (χ1) is 9.08. The smallest absolute Gasteiger partial charge is 0.326 e. The molecule has 0 spiro atoms. The van der Waals surface area contributed by atoms with Gasteiger partial charge in [-0.2, -0.15) is 0 Å². The van der Waals surface area contributed by atoms with E-state index in [2.05, 4.69) is 21.2 Å². The summed E-state index contributed by atoms with van der Waals surface area (Å²) in [5.74, 6) is -0.921. The third kappa shape index (κ3) is 3.70. The first-order valence-electron chi connectivity index (χ1n) is 6.09. The summed E-state index contributed by atoms with van der Waals surface area (Å²) in [7, 11) is 0. The van der Waals surface area contributed by atoms with Crippen molar-refractivity contribution < 1.29 is 14.7 Å². The highest BCUT2D eigenvalue weighted by atomic mass is 79.9. The first kappa shape index (κ1) is 14.3. The highest BCUT2D eigenvalue weighted by Gasteiger charge is 2.33. The Morgan fingerprint density at radius 2 is 2.32 bits per heavy atom. The normalized spacial score (nSPS) is 18.6. The number of urea groups is 1. The second-order valence-electron chi connectivity index (χ2n) is 4.38. The van der Waals surface area contributed by atoms with E-state index in [9.17, 15) is 9.59 Å². The SMILES string of the molecule is O=C(O)C1CCCN1C(=O)NCCc1ccc(Br)s1. The van der Waals surface area contributed by atoms with Crippen molar-refractivity contribution in [3.05, 3.63) is 20.8 Å². The molecule has 104 valence electrons. The molecule has 0 aromatic carbocycles. The van der Waals surface area contributed by atoms with E-state index in [0.29, 0.717) is 19.5 Å². The number of amides is 2. The summed E-state index contributed by atoms with van der Waals surface area (Å²) in [6.07, 6.45) is 2.05. The zero-order valence-electron chi connectivity index (χ0n) is 10.3. The van der Waals surface area contributed by atoms with E-state index in [0.717, 1.165) is 16.6 Å². The van der Waals surface area contributed by atoms with Crippen molar-refractivity contribution in [2.24, 2.45) is 0 Å². The Labute approximate surface area is 123 Å². The number of likely N-dealkylation sites (tertiary alicyclic amines) is 1. The van der Waals surface area contributed by atoms with Crippen molar-refractivity contribution >= 4 is 39.3 Å². The van der Waals surface area contributed by atoms with Gasteiger partial charge in [0.05, 0.1) is 3.79 Å². The number of thiophene rings is 1. The first-order valence-corrected chi connectivity index (χ1v) is 7.70. The Morgan fingerprint density at radius 1 is 1.53 bits per heavy atom. The Kier molecular flexibility index (Phi) is 4.81. The molecule has 0 aliphatic carbocycles. The molecule has 1 fully saturated rings. The molecule has 1 aliphatic heterocycles. The predicted octanol–water partition coefficient (Wildman–Crippen LogP) is 2.31. The van der Waals surface area contributed by atoms with Crippen LogP contribution in [0.3, 0.4) is 0 Å². The number of carboxylic acid groups (broad SMARTS) is 1. The minimum atomic E-state index is -0.921. The zero-order chi connectivity index (χ0) is 13.8. The number of rotatable bonds is 4. The number of carbonyl (C=O) groups excluding carboxylic acids is 1. The van der Waals surface area contributed by atoms with Gasteiger partial charge < -0.3 is 15.3 Å². The third-order valence-corrected chi connectivity index (χ3v) is 4.76. The van der Waals surface area contributed by atoms with E-state index in [-0.39, 0.29) is 6.03 Å². The lowest BCUT2D eigenvalue weighted by molar-refractivity contribution is -0.141. The molecular formula is C12H15BrN2O3S. The van der Waals surface area contributed by atoms with Gasteiger partial charge in [0.15, 0.2) is 0 Å². The van der Waals surface area contributed by atoms with Crippen LogP contribution in [0.25, 0.3) is 0 Å². The maximum Gasteiger partial charge on any atom is 0.326 e. The van der Waals surface area contributed by atoms with Gasteiger partial charge in [-0.1, -0.05) is 0 Å². The number of carbonyl (C=O) groups is 2. The van der Waals surface area contributed by atoms with E-state index in [1.165, 1.54) is 9.78 Å². The number of hydrogen-bond acceptors (Lipinski definition) is 3. The average molecular weight is 347 g/mol. The summed E-state index contributed by atoms with van der Waals surface area (Å²) < 4.78 is 1.07. The van der Waals surface area contributed by atoms with Gasteiger partial charge in [0.2, 0.25) is 0 Å². The molecular weight excluding hydrogens is 332 g/mol. The summed E-state index contributed by atoms with van der Waals surface area (Å²) in [5, 5.41) is 11.8. The summed E-state index contributed by atoms with van der Waals surface area (Å²) in [4.78, 5) is 25.5. The van der Waals surface area contributed by atoms with Gasteiger partial charge in [-0.15, -0.1) is 11.3 Å². The molecule has 1 aromatic heterocycles. The van der Waals surface area contributed by atoms with Gasteiger partial charge in [-0.3, -0.25) is 0 Å². The third-order valence-electron chi connectivity index (χ3n) is 3.08. The number of hydrogen-bond donors (Lipinski definition) is 2. The number of nitrogens with one attached hydrogen (secondary N) is 1. The van der Waals surface area contributed by atoms with E-state index in [1.54, 1.807) is 11.3 Å². The van der Waals surface area contributed by atoms with Crippen LogP contribution in [0.15, 0.2) is 15.9 Å². The summed E-state index contributed by atoms with van der Waals surface area (Å²) in [5.41, 5.74) is 0. The maximum atomic E-state index is 11.9. The van der Waals surface area contributed by atoms with E-state index < -0.39 is 12.0 Å². The standard InChI is InChI=1S/C12H15BrN2O3S/c13-10-4-3-8(19-10)5-6-14-12(18)15-7-1-2-9(15)11(16)17/h3-4,9H,1-2,5-7H2,(H,14,18)(H,16,17). The van der Waals surface area contributed by atoms with Gasteiger partial charge in [-0.25, -0.2) is 9.59 Å². The lowest BCUT2D eigenvalue weighted by atomic mass is 10.2. The average Bonchev–Trinajstić information content (AvgIpc) is 2.97. The molecule has 1 aromatic rings. The van der Waals surface area contributed by atoms with Gasteiger partial charge in [-0.05, 0) is 47.3 Å². The largest absolute Gasteiger partial charge is 0.480 e. The van der Waals surface area contributed by atoms with E-state index in [1.807, 2.05) is 12.1 Å². The number of carboxylic acids is 1. The number of nitrogens with zero attached hydrogens (tertiary/aromatic N) is 1. The van der Waals surface area contributed by atoms with Crippen LogP contribution < -0.4 is 5.32 Å². The molecule has 7 heteroatoms. The van der Waals surface area contributed by atoms with Gasteiger partial charge >= 0.3 is 12.0 Å². The van der Waals surface area contributed by atoms with Crippen molar-refractivity contribution in [2.75, 3.05) is 13.1 Å². The Bertz CT molecular complexity index is 477. The van der Waals surface area contributed by atoms with Crippen LogP contribution in [0, 0.1) is 0 Å². The van der Waals surface area contributed by atoms with Crippen molar-refractivity contribution in [3.63, 3.8) is 0 Å². The molecule has 1 saturated heterocycles. The second-order valence-corrected chi connectivity index (χ2v) is 6.92. The molecule has 19 heavy (non-hydrogen) atoms. The van der Waals surface area contributed by atoms with Crippen LogP contribution in [0.2, 0.25) is 0 Å². The van der Waals surface area contributed by atoms with E-state index in [4.69, 9.17) is 5.11 Å². The Balaban J connectivity index is 1.79. The quantitative estimate of drug-likeness (QED) is 0.878. The summed E-state index contributed by atoms with van der Waals surface area (Å²) in [6.45, 7) is 1.04. The molecule has 1 unspecified atom stereocenters. The molecule has 0 radical (unpaired) electrons. The highest BCUT2D eigenvalue weighted by molar-refractivity contribution is 9.11. The van der Waals surface area contributed by atoms with Crippen LogP contribution in [0.5, 0.6) is 0 Å². The highest BCUT2D eigenvalue weighted by Crippen LogP contribution is 2.22. The van der Waals surface area contributed by atoms with Crippen LogP contribution >= 0.6 is 27.3 Å². The Hall–Kier alpha value is -1.08. The number of aliphatic carboxylic acids is 1. The minimum Gasteiger partial charge on any atom is -0.480 e. The van der Waals surface area contributed by atoms with Crippen molar-refractivity contribution in [1.82, 2.24) is 10.2 Å². The Morgan fingerprint density at radius 3 is 2.95 bits per heavy atom. The van der Waals surface area contributed by atoms with Crippen molar-refractivity contribution in [2.45, 2.75) is 25.3 Å². The zero-order valence-corrected chi connectivity index (χ0v) is 12.7. The fourth-order valence-corrected chi connectivity index (χ4v) is 3.63. The predicted molar refractivity (Wildman–Crippen MR) is 76.5 cm³/mol. The topological polar surface area (TPSA) is 69.6 Å². The molecule has 1 atom stereocenters. The van der Waals surface area contributed by atoms with Crippen LogP contribution in [0.4, 0.5) is 4.79 Å². The van der Waals surface area contributed by atoms with Gasteiger partial charge in [0.25, 0.3) is 0 Å². The van der Waals surface area contributed by atoms with Crippen molar-refractivity contribution in [3.8, 4) is 0 Å². The maximum absolute atomic E-state index is 11.9. The summed E-state index contributed by atoms with van der Waals surface area (Å²) >= 11 is 5.02. The molecule has 0 bridgehead atoms. The molecule has 5 nitrogen and oxygen atoms in total. The van der Waals surface area contributed by atoms with Crippen LogP contribution in [0.1, 0.15) is 17.7 Å². The molecule has 2 rings (SSSR count). The number of halogens is 1. The molecule has 2 amide bonds. The minimum absolute atomic E-state index is 0.277. The molecule has 1 aliphatic rings. The molecule has 2 N–H and O–H groups in total. The van der Waals surface area contributed by atoms with Crippen molar-refractivity contribution in [1.29, 1.82) is 0 Å². The van der Waals surface area contributed by atoms with Crippen LogP contribution in [-0.2, 0) is 11.2 Å². The van der Waals surface area contributed by atoms with Crippen LogP contribution in [-0.4, -0.2) is 41.1 Å². The van der Waals surface area contributed by atoms with Gasteiger partial charge in [0, 0.05) is 18.0 Å². The lowest BCUT2D eigenvalue weighted by Gasteiger charge is -2.21. The van der Waals surface area contributed by atoms with E-state index >= 15 is 0 Å². The summed E-state index contributed by atoms with van der Waals surface area (Å²) in [6, 6.07) is 3.04.